The number of carbonyl (C=O) groups excluding carboxylic acids is 1. The zero-order valence-electron chi connectivity index (χ0n) is 13.3. The smallest absolute Gasteiger partial charge is 0.349 e. The number of hydrogen-bond acceptors (Lipinski definition) is 3. The zero-order chi connectivity index (χ0) is 18.0. The average Bonchev–Trinajstić information content (AvgIpc) is 2.97. The highest BCUT2D eigenvalue weighted by atomic mass is 32.1. The molecule has 0 aliphatic rings. The third-order valence-electron chi connectivity index (χ3n) is 3.78. The largest absolute Gasteiger partial charge is 0.433 e. The van der Waals surface area contributed by atoms with Crippen LogP contribution >= 0.6 is 11.3 Å². The van der Waals surface area contributed by atoms with Crippen LogP contribution in [0.15, 0.2) is 48.0 Å². The van der Waals surface area contributed by atoms with Crippen molar-refractivity contribution in [2.45, 2.75) is 25.6 Å². The Kier molecular flexibility index (Phi) is 4.76. The van der Waals surface area contributed by atoms with Gasteiger partial charge < -0.3 is 5.32 Å². The lowest BCUT2D eigenvalue weighted by atomic mass is 10.1. The number of hydrogen-bond donors (Lipinski definition) is 1. The molecule has 3 aromatic rings. The summed E-state index contributed by atoms with van der Waals surface area (Å²) in [7, 11) is 0. The molecule has 0 saturated heterocycles. The van der Waals surface area contributed by atoms with E-state index >= 15 is 0 Å². The van der Waals surface area contributed by atoms with E-state index in [4.69, 9.17) is 0 Å². The Morgan fingerprint density at radius 1 is 1.24 bits per heavy atom. The van der Waals surface area contributed by atoms with E-state index in [1.807, 2.05) is 31.2 Å². The van der Waals surface area contributed by atoms with Crippen LogP contribution in [0, 0.1) is 0 Å². The van der Waals surface area contributed by atoms with Crippen LogP contribution in [-0.2, 0) is 12.6 Å². The van der Waals surface area contributed by atoms with Crippen LogP contribution in [0.5, 0.6) is 0 Å². The monoisotopic (exact) mass is 364 g/mol. The van der Waals surface area contributed by atoms with Crippen molar-refractivity contribution in [3.05, 3.63) is 64.8 Å². The normalized spacial score (nSPS) is 13.0. The Balaban J connectivity index is 1.66. The first-order valence-corrected chi connectivity index (χ1v) is 8.52. The van der Waals surface area contributed by atoms with Gasteiger partial charge in [-0.25, -0.2) is 0 Å². The van der Waals surface area contributed by atoms with E-state index in [1.165, 1.54) is 4.70 Å². The van der Waals surface area contributed by atoms with Crippen LogP contribution in [0.4, 0.5) is 13.2 Å². The molecule has 0 aliphatic heterocycles. The molecule has 0 spiro atoms. The third kappa shape index (κ3) is 3.99. The second kappa shape index (κ2) is 6.84. The quantitative estimate of drug-likeness (QED) is 0.731. The highest BCUT2D eigenvalue weighted by Gasteiger charge is 2.32. The Labute approximate surface area is 146 Å². The minimum absolute atomic E-state index is 0.107. The molecular weight excluding hydrogens is 349 g/mol. The Morgan fingerprint density at radius 2 is 2.00 bits per heavy atom. The highest BCUT2D eigenvalue weighted by molar-refractivity contribution is 7.17. The molecule has 130 valence electrons. The van der Waals surface area contributed by atoms with Gasteiger partial charge in [0.05, 0.1) is 5.56 Å². The molecule has 0 fully saturated rings. The summed E-state index contributed by atoms with van der Waals surface area (Å²) in [6, 6.07) is 9.81. The molecule has 1 amide bonds. The second-order valence-corrected chi connectivity index (χ2v) is 6.68. The van der Waals surface area contributed by atoms with Crippen molar-refractivity contribution >= 4 is 27.3 Å². The maximum Gasteiger partial charge on any atom is 0.433 e. The van der Waals surface area contributed by atoms with E-state index in [1.54, 1.807) is 11.3 Å². The SMILES string of the molecule is C[C@@H](Cc1csc2ccccc12)NC(=O)c1ccc(C(F)(F)F)nc1. The van der Waals surface area contributed by atoms with Crippen molar-refractivity contribution in [2.75, 3.05) is 0 Å². The van der Waals surface area contributed by atoms with Gasteiger partial charge in [0.15, 0.2) is 0 Å². The number of rotatable bonds is 4. The number of pyridine rings is 1. The maximum absolute atomic E-state index is 12.5. The van der Waals surface area contributed by atoms with Gasteiger partial charge in [0.2, 0.25) is 0 Å². The molecule has 0 bridgehead atoms. The fourth-order valence-electron chi connectivity index (χ4n) is 2.57. The summed E-state index contributed by atoms with van der Waals surface area (Å²) in [5.74, 6) is -0.437. The molecule has 0 unspecified atom stereocenters. The van der Waals surface area contributed by atoms with Crippen molar-refractivity contribution in [3.8, 4) is 0 Å². The number of amides is 1. The van der Waals surface area contributed by atoms with E-state index in [0.717, 1.165) is 29.3 Å². The average molecular weight is 364 g/mol. The lowest BCUT2D eigenvalue weighted by Gasteiger charge is -2.14. The van der Waals surface area contributed by atoms with Crippen LogP contribution in [-0.4, -0.2) is 16.9 Å². The number of fused-ring (bicyclic) bond motifs is 1. The standard InChI is InChI=1S/C18H15F3N2OS/c1-11(8-13-10-25-15-5-3-2-4-14(13)15)23-17(24)12-6-7-16(22-9-12)18(19,20)21/h2-7,9-11H,8H2,1H3,(H,23,24)/t11-/m0/s1. The van der Waals surface area contributed by atoms with E-state index in [0.29, 0.717) is 6.42 Å². The molecule has 1 atom stereocenters. The summed E-state index contributed by atoms with van der Waals surface area (Å²) >= 11 is 1.65. The van der Waals surface area contributed by atoms with Crippen molar-refractivity contribution in [3.63, 3.8) is 0 Å². The topological polar surface area (TPSA) is 42.0 Å². The lowest BCUT2D eigenvalue weighted by molar-refractivity contribution is -0.141. The second-order valence-electron chi connectivity index (χ2n) is 5.77. The summed E-state index contributed by atoms with van der Waals surface area (Å²) < 4.78 is 38.7. The summed E-state index contributed by atoms with van der Waals surface area (Å²) in [6.07, 6.45) is -2.92. The number of nitrogens with zero attached hydrogens (tertiary/aromatic N) is 1. The third-order valence-corrected chi connectivity index (χ3v) is 4.79. The van der Waals surface area contributed by atoms with Crippen LogP contribution < -0.4 is 5.32 Å². The lowest BCUT2D eigenvalue weighted by Crippen LogP contribution is -2.34. The molecule has 0 aliphatic carbocycles. The fraction of sp³-hybridized carbons (Fsp3) is 0.222. The van der Waals surface area contributed by atoms with Gasteiger partial charge in [-0.05, 0) is 47.9 Å². The molecule has 2 heterocycles. The fourth-order valence-corrected chi connectivity index (χ4v) is 3.55. The Hall–Kier alpha value is -2.41. The van der Waals surface area contributed by atoms with Crippen molar-refractivity contribution < 1.29 is 18.0 Å². The maximum atomic E-state index is 12.5. The first-order chi connectivity index (χ1) is 11.8. The molecule has 25 heavy (non-hydrogen) atoms. The van der Waals surface area contributed by atoms with Gasteiger partial charge in [-0.1, -0.05) is 18.2 Å². The summed E-state index contributed by atoms with van der Waals surface area (Å²) in [5, 5.41) is 6.02. The summed E-state index contributed by atoms with van der Waals surface area (Å²) in [6.45, 7) is 1.86. The molecule has 3 nitrogen and oxygen atoms in total. The van der Waals surface area contributed by atoms with Gasteiger partial charge in [0, 0.05) is 16.9 Å². The molecule has 1 N–H and O–H groups in total. The van der Waals surface area contributed by atoms with Crippen molar-refractivity contribution in [1.82, 2.24) is 10.3 Å². The van der Waals surface area contributed by atoms with Crippen LogP contribution in [0.3, 0.4) is 0 Å². The van der Waals surface area contributed by atoms with Gasteiger partial charge in [0.1, 0.15) is 5.69 Å². The molecule has 1 aromatic carbocycles. The molecule has 7 heteroatoms. The molecule has 2 aromatic heterocycles. The molecule has 3 rings (SSSR count). The number of halogens is 3. The van der Waals surface area contributed by atoms with Crippen LogP contribution in [0.2, 0.25) is 0 Å². The van der Waals surface area contributed by atoms with E-state index < -0.39 is 17.8 Å². The first-order valence-electron chi connectivity index (χ1n) is 7.64. The van der Waals surface area contributed by atoms with Crippen molar-refractivity contribution in [1.29, 1.82) is 0 Å². The van der Waals surface area contributed by atoms with E-state index in [-0.39, 0.29) is 11.6 Å². The number of alkyl halides is 3. The van der Waals surface area contributed by atoms with Gasteiger partial charge >= 0.3 is 6.18 Å². The predicted molar refractivity (Wildman–Crippen MR) is 91.7 cm³/mol. The van der Waals surface area contributed by atoms with Gasteiger partial charge in [-0.15, -0.1) is 11.3 Å². The number of aromatic nitrogens is 1. The number of thiophene rings is 1. The van der Waals surface area contributed by atoms with Gasteiger partial charge in [-0.3, -0.25) is 9.78 Å². The summed E-state index contributed by atoms with van der Waals surface area (Å²) in [5.41, 5.74) is 0.232. The highest BCUT2D eigenvalue weighted by Crippen LogP contribution is 2.28. The zero-order valence-corrected chi connectivity index (χ0v) is 14.1. The number of carbonyl (C=O) groups is 1. The molecule has 0 saturated carbocycles. The van der Waals surface area contributed by atoms with Gasteiger partial charge in [-0.2, -0.15) is 13.2 Å². The van der Waals surface area contributed by atoms with Crippen molar-refractivity contribution in [2.24, 2.45) is 0 Å². The Morgan fingerprint density at radius 3 is 2.68 bits per heavy atom. The minimum atomic E-state index is -4.51. The van der Waals surface area contributed by atoms with Crippen LogP contribution in [0.25, 0.3) is 10.1 Å². The van der Waals surface area contributed by atoms with E-state index in [9.17, 15) is 18.0 Å². The first kappa shape index (κ1) is 17.4. The molecule has 0 radical (unpaired) electrons. The minimum Gasteiger partial charge on any atom is -0.349 e. The predicted octanol–water partition coefficient (Wildman–Crippen LogP) is 4.68. The van der Waals surface area contributed by atoms with Crippen LogP contribution in [0.1, 0.15) is 28.5 Å². The summed E-state index contributed by atoms with van der Waals surface area (Å²) in [4.78, 5) is 15.5. The molecular formula is C18H15F3N2OS. The van der Waals surface area contributed by atoms with Gasteiger partial charge in [0.25, 0.3) is 5.91 Å². The van der Waals surface area contributed by atoms with E-state index in [2.05, 4.69) is 15.7 Å². The number of nitrogens with one attached hydrogen (secondary N) is 1. The Bertz CT molecular complexity index is 887. The number of benzene rings is 1.